The minimum atomic E-state index is -0.875. The molecule has 0 aromatic rings. The van der Waals surface area contributed by atoms with Gasteiger partial charge in [-0.3, -0.25) is 9.59 Å². The topological polar surface area (TPSA) is 76.1 Å². The average Bonchev–Trinajstić information content (AvgIpc) is 2.74. The Kier molecular flexibility index (Phi) is 4.34. The Morgan fingerprint density at radius 3 is 2.50 bits per heavy atom. The number of carbonyl (C=O) groups excluding carboxylic acids is 1. The van der Waals surface area contributed by atoms with Gasteiger partial charge in [-0.25, -0.2) is 0 Å². The van der Waals surface area contributed by atoms with Crippen molar-refractivity contribution in [2.45, 2.75) is 45.3 Å². The van der Waals surface area contributed by atoms with Crippen molar-refractivity contribution in [1.29, 1.82) is 0 Å². The van der Waals surface area contributed by atoms with E-state index in [4.69, 9.17) is 14.6 Å². The van der Waals surface area contributed by atoms with Crippen LogP contribution in [-0.2, 0) is 19.1 Å². The molecule has 6 nitrogen and oxygen atoms in total. The molecule has 2 rings (SSSR count). The Hall–Kier alpha value is -1.14. The van der Waals surface area contributed by atoms with E-state index in [1.54, 1.807) is 18.7 Å². The van der Waals surface area contributed by atoms with E-state index in [0.717, 1.165) is 12.8 Å². The van der Waals surface area contributed by atoms with Crippen LogP contribution in [0.4, 0.5) is 0 Å². The summed E-state index contributed by atoms with van der Waals surface area (Å²) >= 11 is 0. The Morgan fingerprint density at radius 1 is 1.25 bits per heavy atom. The molecule has 2 fully saturated rings. The van der Waals surface area contributed by atoms with Gasteiger partial charge in [0.2, 0.25) is 5.91 Å². The number of amides is 1. The quantitative estimate of drug-likeness (QED) is 0.841. The van der Waals surface area contributed by atoms with Crippen LogP contribution in [0.5, 0.6) is 0 Å². The minimum absolute atomic E-state index is 0.00920. The summed E-state index contributed by atoms with van der Waals surface area (Å²) in [6, 6.07) is 0. The number of aliphatic carboxylic acids is 1. The summed E-state index contributed by atoms with van der Waals surface area (Å²) < 4.78 is 11.3. The van der Waals surface area contributed by atoms with Crippen molar-refractivity contribution in [3.63, 3.8) is 0 Å². The molecule has 0 bridgehead atoms. The van der Waals surface area contributed by atoms with Gasteiger partial charge in [-0.1, -0.05) is 13.8 Å². The molecule has 0 atom stereocenters. The van der Waals surface area contributed by atoms with Gasteiger partial charge in [0.15, 0.2) is 5.79 Å². The number of hydrogen-bond acceptors (Lipinski definition) is 4. The van der Waals surface area contributed by atoms with Crippen molar-refractivity contribution in [2.75, 3.05) is 26.3 Å². The van der Waals surface area contributed by atoms with E-state index in [-0.39, 0.29) is 18.7 Å². The van der Waals surface area contributed by atoms with Gasteiger partial charge in [0.25, 0.3) is 0 Å². The van der Waals surface area contributed by atoms with Gasteiger partial charge >= 0.3 is 5.97 Å². The average molecular weight is 285 g/mol. The molecule has 2 aliphatic rings. The summed E-state index contributed by atoms with van der Waals surface area (Å²) in [5.74, 6) is -1.51. The zero-order valence-electron chi connectivity index (χ0n) is 12.2. The summed E-state index contributed by atoms with van der Waals surface area (Å²) in [4.78, 5) is 24.9. The molecule has 20 heavy (non-hydrogen) atoms. The second-order valence-corrected chi connectivity index (χ2v) is 6.44. The van der Waals surface area contributed by atoms with E-state index in [1.165, 1.54) is 0 Å². The van der Waals surface area contributed by atoms with E-state index in [9.17, 15) is 9.59 Å². The highest BCUT2D eigenvalue weighted by Crippen LogP contribution is 2.32. The summed E-state index contributed by atoms with van der Waals surface area (Å²) in [5, 5.41) is 8.87. The highest BCUT2D eigenvalue weighted by Gasteiger charge is 2.42. The smallest absolute Gasteiger partial charge is 0.303 e. The van der Waals surface area contributed by atoms with Gasteiger partial charge in [0, 0.05) is 19.4 Å². The van der Waals surface area contributed by atoms with Crippen molar-refractivity contribution in [1.82, 2.24) is 4.90 Å². The lowest BCUT2D eigenvalue weighted by molar-refractivity contribution is -0.193. The van der Waals surface area contributed by atoms with Crippen molar-refractivity contribution in [2.24, 2.45) is 5.41 Å². The third-order valence-electron chi connectivity index (χ3n) is 3.84. The molecule has 0 radical (unpaired) electrons. The second-order valence-electron chi connectivity index (χ2n) is 6.44. The van der Waals surface area contributed by atoms with Crippen molar-refractivity contribution >= 4 is 11.9 Å². The number of carboxylic acid groups (broad SMARTS) is 1. The van der Waals surface area contributed by atoms with Crippen LogP contribution in [0.1, 0.15) is 39.5 Å². The number of likely N-dealkylation sites (tertiary alicyclic amines) is 1. The summed E-state index contributed by atoms with van der Waals surface area (Å²) in [5.41, 5.74) is -0.537. The molecule has 0 unspecified atom stereocenters. The van der Waals surface area contributed by atoms with E-state index >= 15 is 0 Å². The van der Waals surface area contributed by atoms with Crippen LogP contribution in [0, 0.1) is 5.41 Å². The molecule has 0 saturated carbocycles. The molecule has 6 heteroatoms. The SMILES string of the molecule is CC(C)(CC(=O)O)CC(=O)N1CCCC2(C1)OCCO2. The molecular weight excluding hydrogens is 262 g/mol. The fraction of sp³-hybridized carbons (Fsp3) is 0.857. The maximum Gasteiger partial charge on any atom is 0.303 e. The maximum atomic E-state index is 12.4. The van der Waals surface area contributed by atoms with Crippen LogP contribution in [0.15, 0.2) is 0 Å². The molecule has 0 aliphatic carbocycles. The molecule has 1 N–H and O–H groups in total. The molecule has 0 aromatic heterocycles. The fourth-order valence-electron chi connectivity index (χ4n) is 2.93. The van der Waals surface area contributed by atoms with E-state index in [2.05, 4.69) is 0 Å². The second kappa shape index (κ2) is 5.69. The molecule has 0 aromatic carbocycles. The van der Waals surface area contributed by atoms with Crippen molar-refractivity contribution in [3.05, 3.63) is 0 Å². The zero-order valence-corrected chi connectivity index (χ0v) is 12.2. The molecule has 114 valence electrons. The molecule has 2 heterocycles. The first-order valence-electron chi connectivity index (χ1n) is 7.09. The van der Waals surface area contributed by atoms with Gasteiger partial charge in [-0.2, -0.15) is 0 Å². The standard InChI is InChI=1S/C14H23NO5/c1-13(2,9-12(17)18)8-11(16)15-5-3-4-14(10-15)19-6-7-20-14/h3-10H2,1-2H3,(H,17,18). The van der Waals surface area contributed by atoms with Crippen molar-refractivity contribution in [3.8, 4) is 0 Å². The van der Waals surface area contributed by atoms with Crippen LogP contribution in [-0.4, -0.2) is 54.0 Å². The molecule has 1 spiro atoms. The third kappa shape index (κ3) is 3.70. The van der Waals surface area contributed by atoms with Gasteiger partial charge < -0.3 is 19.5 Å². The summed E-state index contributed by atoms with van der Waals surface area (Å²) in [7, 11) is 0. The largest absolute Gasteiger partial charge is 0.481 e. The molecule has 2 saturated heterocycles. The van der Waals surface area contributed by atoms with E-state index in [1.807, 2.05) is 0 Å². The van der Waals surface area contributed by atoms with Crippen LogP contribution in [0.2, 0.25) is 0 Å². The maximum absolute atomic E-state index is 12.4. The Bertz CT molecular complexity index is 387. The Labute approximate surface area is 119 Å². The first-order valence-corrected chi connectivity index (χ1v) is 7.09. The zero-order chi connectivity index (χ0) is 14.8. The third-order valence-corrected chi connectivity index (χ3v) is 3.84. The number of piperidine rings is 1. The Morgan fingerprint density at radius 2 is 1.90 bits per heavy atom. The van der Waals surface area contributed by atoms with E-state index in [0.29, 0.717) is 26.3 Å². The predicted octanol–water partition coefficient (Wildman–Crippen LogP) is 1.24. The lowest BCUT2D eigenvalue weighted by Gasteiger charge is -2.39. The van der Waals surface area contributed by atoms with Gasteiger partial charge in [-0.05, 0) is 11.8 Å². The first kappa shape index (κ1) is 15.3. The molecule has 1 amide bonds. The highest BCUT2D eigenvalue weighted by atomic mass is 16.7. The number of ether oxygens (including phenoxy) is 2. The summed E-state index contributed by atoms with van der Waals surface area (Å²) in [6.07, 6.45) is 1.89. The number of nitrogens with zero attached hydrogens (tertiary/aromatic N) is 1. The van der Waals surface area contributed by atoms with Crippen LogP contribution in [0.3, 0.4) is 0 Å². The van der Waals surface area contributed by atoms with Crippen LogP contribution >= 0.6 is 0 Å². The van der Waals surface area contributed by atoms with Gasteiger partial charge in [0.05, 0.1) is 26.2 Å². The number of rotatable bonds is 4. The minimum Gasteiger partial charge on any atom is -0.481 e. The van der Waals surface area contributed by atoms with E-state index < -0.39 is 17.2 Å². The number of hydrogen-bond donors (Lipinski definition) is 1. The van der Waals surface area contributed by atoms with Crippen LogP contribution in [0.25, 0.3) is 0 Å². The number of carboxylic acids is 1. The lowest BCUT2D eigenvalue weighted by atomic mass is 9.85. The lowest BCUT2D eigenvalue weighted by Crippen LogP contribution is -2.51. The normalized spacial score (nSPS) is 22.2. The monoisotopic (exact) mass is 285 g/mol. The van der Waals surface area contributed by atoms with Gasteiger partial charge in [-0.15, -0.1) is 0 Å². The van der Waals surface area contributed by atoms with Crippen molar-refractivity contribution < 1.29 is 24.2 Å². The Balaban J connectivity index is 1.93. The molecular formula is C14H23NO5. The van der Waals surface area contributed by atoms with Crippen LogP contribution < -0.4 is 0 Å². The molecule has 2 aliphatic heterocycles. The predicted molar refractivity (Wildman–Crippen MR) is 71.1 cm³/mol. The summed E-state index contributed by atoms with van der Waals surface area (Å²) in [6.45, 7) is 5.91. The fourth-order valence-corrected chi connectivity index (χ4v) is 2.93. The van der Waals surface area contributed by atoms with Gasteiger partial charge in [0.1, 0.15) is 0 Å². The first-order chi connectivity index (χ1) is 9.32. The number of carbonyl (C=O) groups is 2. The highest BCUT2D eigenvalue weighted by molar-refractivity contribution is 5.78.